The summed E-state index contributed by atoms with van der Waals surface area (Å²) in [6.07, 6.45) is -0.169. The lowest BCUT2D eigenvalue weighted by Crippen LogP contribution is -2.38. The maximum Gasteiger partial charge on any atom is 0.228 e. The number of thioether (sulfide) groups is 1. The number of rotatable bonds is 10. The molecule has 1 aromatic heterocycles. The molecule has 0 amide bonds. The van der Waals surface area contributed by atoms with Gasteiger partial charge in [0.25, 0.3) is 0 Å². The minimum absolute atomic E-state index is 0.101. The van der Waals surface area contributed by atoms with Crippen molar-refractivity contribution in [2.24, 2.45) is 0 Å². The molecule has 1 aliphatic heterocycles. The number of anilines is 1. The third kappa shape index (κ3) is 5.71. The van der Waals surface area contributed by atoms with E-state index in [0.717, 1.165) is 30.7 Å². The Hall–Kier alpha value is -2.10. The largest absolute Gasteiger partial charge is 0.491 e. The number of aliphatic hydroxyl groups is 1. The summed E-state index contributed by atoms with van der Waals surface area (Å²) in [4.78, 5) is 13.8. The number of ketones is 1. The van der Waals surface area contributed by atoms with Gasteiger partial charge in [-0.15, -0.1) is 10.2 Å². The van der Waals surface area contributed by atoms with E-state index in [-0.39, 0.29) is 12.4 Å². The summed E-state index contributed by atoms with van der Waals surface area (Å²) >= 11 is 1.47. The lowest BCUT2D eigenvalue weighted by molar-refractivity contribution is 0.0987. The van der Waals surface area contributed by atoms with Gasteiger partial charge in [-0.05, 0) is 31.2 Å². The zero-order valence-corrected chi connectivity index (χ0v) is 17.7. The van der Waals surface area contributed by atoms with E-state index in [1.165, 1.54) is 11.8 Å². The number of carbonyl (C=O) groups excluding carboxylic acids is 1. The Morgan fingerprint density at radius 3 is 2.62 bits per heavy atom. The van der Waals surface area contributed by atoms with Gasteiger partial charge in [-0.2, -0.15) is 0 Å². The monoisotopic (exact) mass is 420 g/mol. The molecular weight excluding hydrogens is 392 g/mol. The molecule has 0 aliphatic carbocycles. The average molecular weight is 421 g/mol. The third-order valence-electron chi connectivity index (χ3n) is 4.65. The van der Waals surface area contributed by atoms with Gasteiger partial charge in [0.1, 0.15) is 12.4 Å². The topological polar surface area (TPSA) is 89.7 Å². The molecule has 1 fully saturated rings. The van der Waals surface area contributed by atoms with Gasteiger partial charge in [0, 0.05) is 37.4 Å². The van der Waals surface area contributed by atoms with Crippen molar-refractivity contribution >= 4 is 23.5 Å². The van der Waals surface area contributed by atoms with Crippen molar-refractivity contribution in [3.63, 3.8) is 0 Å². The molecule has 0 spiro atoms. The van der Waals surface area contributed by atoms with Crippen molar-refractivity contribution < 1.29 is 19.4 Å². The van der Waals surface area contributed by atoms with Crippen LogP contribution < -0.4 is 9.64 Å². The minimum Gasteiger partial charge on any atom is -0.491 e. The molecule has 0 radical (unpaired) electrons. The van der Waals surface area contributed by atoms with E-state index in [1.807, 2.05) is 6.92 Å². The first kappa shape index (κ1) is 21.6. The molecule has 158 valence electrons. The number of nitrogens with zero attached hydrogens (tertiary/aromatic N) is 4. The third-order valence-corrected chi connectivity index (χ3v) is 5.76. The van der Waals surface area contributed by atoms with E-state index in [9.17, 15) is 9.90 Å². The van der Waals surface area contributed by atoms with E-state index in [1.54, 1.807) is 24.3 Å². The van der Waals surface area contributed by atoms with E-state index in [4.69, 9.17) is 9.47 Å². The molecule has 1 N–H and O–H groups in total. The van der Waals surface area contributed by atoms with Crippen LogP contribution in [0.25, 0.3) is 0 Å². The summed E-state index contributed by atoms with van der Waals surface area (Å²) in [6, 6.07) is 7.01. The van der Waals surface area contributed by atoms with E-state index < -0.39 is 6.10 Å². The van der Waals surface area contributed by atoms with Crippen LogP contribution in [0.15, 0.2) is 29.4 Å². The Kier molecular flexibility index (Phi) is 7.91. The minimum atomic E-state index is -0.647. The Morgan fingerprint density at radius 2 is 1.97 bits per heavy atom. The summed E-state index contributed by atoms with van der Waals surface area (Å²) in [5, 5.41) is 19.7. The summed E-state index contributed by atoms with van der Waals surface area (Å²) in [5.74, 6) is 2.04. The molecule has 2 aromatic rings. The maximum absolute atomic E-state index is 11.7. The van der Waals surface area contributed by atoms with E-state index in [0.29, 0.717) is 36.7 Å². The van der Waals surface area contributed by atoms with Crippen LogP contribution in [0.1, 0.15) is 30.6 Å². The number of morpholine rings is 1. The number of aromatic nitrogens is 3. The zero-order valence-electron chi connectivity index (χ0n) is 16.9. The molecule has 1 aliphatic rings. The average Bonchev–Trinajstić information content (AvgIpc) is 3.19. The van der Waals surface area contributed by atoms with Crippen LogP contribution in [-0.4, -0.2) is 70.4 Å². The number of hydrogen-bond acceptors (Lipinski definition) is 8. The molecule has 9 heteroatoms. The van der Waals surface area contributed by atoms with Gasteiger partial charge in [0.15, 0.2) is 10.9 Å². The molecule has 0 saturated carbocycles. The summed E-state index contributed by atoms with van der Waals surface area (Å²) in [5.41, 5.74) is 0.672. The first-order valence-electron chi connectivity index (χ1n) is 9.95. The molecule has 2 heterocycles. The summed E-state index contributed by atoms with van der Waals surface area (Å²) in [6.45, 7) is 7.84. The Morgan fingerprint density at radius 1 is 1.24 bits per heavy atom. The summed E-state index contributed by atoms with van der Waals surface area (Å²) < 4.78 is 13.1. The number of Topliss-reactive ketones (excluding diaryl/α,β-unsaturated/α-hetero) is 1. The zero-order chi connectivity index (χ0) is 20.6. The molecular formula is C20H28N4O4S. The van der Waals surface area contributed by atoms with Crippen molar-refractivity contribution in [3.05, 3.63) is 29.8 Å². The number of benzene rings is 1. The van der Waals surface area contributed by atoms with Crippen LogP contribution in [0.5, 0.6) is 5.75 Å². The van der Waals surface area contributed by atoms with Crippen molar-refractivity contribution in [1.82, 2.24) is 14.8 Å². The predicted octanol–water partition coefficient (Wildman–Crippen LogP) is 2.26. The fourth-order valence-electron chi connectivity index (χ4n) is 3.01. The van der Waals surface area contributed by atoms with Crippen LogP contribution >= 0.6 is 11.8 Å². The second kappa shape index (κ2) is 10.6. The molecule has 1 aromatic carbocycles. The second-order valence-electron chi connectivity index (χ2n) is 6.70. The Labute approximate surface area is 175 Å². The van der Waals surface area contributed by atoms with E-state index in [2.05, 4.69) is 26.6 Å². The summed E-state index contributed by atoms with van der Waals surface area (Å²) in [7, 11) is 0. The maximum atomic E-state index is 11.7. The molecule has 1 atom stereocenters. The normalized spacial score (nSPS) is 15.3. The second-order valence-corrected chi connectivity index (χ2v) is 7.69. The van der Waals surface area contributed by atoms with Crippen LogP contribution in [-0.2, 0) is 11.3 Å². The van der Waals surface area contributed by atoms with E-state index >= 15 is 0 Å². The van der Waals surface area contributed by atoms with Crippen molar-refractivity contribution in [2.75, 3.05) is 43.6 Å². The first-order valence-corrected chi connectivity index (χ1v) is 10.9. The number of hydrogen-bond donors (Lipinski definition) is 1. The smallest absolute Gasteiger partial charge is 0.228 e. The highest BCUT2D eigenvalue weighted by Gasteiger charge is 2.20. The van der Waals surface area contributed by atoms with Crippen LogP contribution in [0, 0.1) is 0 Å². The van der Waals surface area contributed by atoms with Crippen molar-refractivity contribution in [2.45, 2.75) is 38.1 Å². The quantitative estimate of drug-likeness (QED) is 0.462. The van der Waals surface area contributed by atoms with Gasteiger partial charge in [-0.1, -0.05) is 18.7 Å². The van der Waals surface area contributed by atoms with Gasteiger partial charge in [0.2, 0.25) is 5.95 Å². The number of aliphatic hydroxyl groups excluding tert-OH is 1. The molecule has 0 bridgehead atoms. The highest BCUT2D eigenvalue weighted by atomic mass is 32.2. The van der Waals surface area contributed by atoms with Gasteiger partial charge >= 0.3 is 0 Å². The first-order chi connectivity index (χ1) is 14.1. The van der Waals surface area contributed by atoms with Gasteiger partial charge in [-0.3, -0.25) is 9.36 Å². The molecule has 3 rings (SSSR count). The molecule has 29 heavy (non-hydrogen) atoms. The molecule has 8 nitrogen and oxygen atoms in total. The van der Waals surface area contributed by atoms with Crippen LogP contribution in [0.3, 0.4) is 0 Å². The molecule has 1 saturated heterocycles. The number of carbonyl (C=O) groups is 1. The van der Waals surface area contributed by atoms with Gasteiger partial charge < -0.3 is 19.5 Å². The standard InChI is InChI=1S/C20H28N4O4S/c1-3-18(26)15-5-7-17(8-6-15)28-13-16(25)14-29-20-22-21-19(24(20)4-2)23-9-11-27-12-10-23/h5-8,16,25H,3-4,9-14H2,1-2H3/t16-/m1/s1. The lowest BCUT2D eigenvalue weighted by atomic mass is 10.1. The van der Waals surface area contributed by atoms with Crippen LogP contribution in [0.2, 0.25) is 0 Å². The van der Waals surface area contributed by atoms with Gasteiger partial charge in [-0.25, -0.2) is 0 Å². The van der Waals surface area contributed by atoms with Gasteiger partial charge in [0.05, 0.1) is 19.3 Å². The SMILES string of the molecule is CCC(=O)c1ccc(OC[C@@H](O)CSc2nnc(N3CCOCC3)n2CC)cc1. The Balaban J connectivity index is 1.49. The fraction of sp³-hybridized carbons (Fsp3) is 0.550. The van der Waals surface area contributed by atoms with Crippen molar-refractivity contribution in [1.29, 1.82) is 0 Å². The Bertz CT molecular complexity index is 790. The lowest BCUT2D eigenvalue weighted by Gasteiger charge is -2.27. The highest BCUT2D eigenvalue weighted by Crippen LogP contribution is 2.23. The number of ether oxygens (including phenoxy) is 2. The fourth-order valence-corrected chi connectivity index (χ4v) is 3.92. The highest BCUT2D eigenvalue weighted by molar-refractivity contribution is 7.99. The van der Waals surface area contributed by atoms with Crippen molar-refractivity contribution in [3.8, 4) is 5.75 Å². The van der Waals surface area contributed by atoms with Crippen LogP contribution in [0.4, 0.5) is 5.95 Å². The molecule has 0 unspecified atom stereocenters. The predicted molar refractivity (Wildman–Crippen MR) is 112 cm³/mol.